The molecule has 3 rings (SSSR count). The van der Waals surface area contributed by atoms with Gasteiger partial charge in [0.05, 0.1) is 21.8 Å². The zero-order chi connectivity index (χ0) is 16.4. The lowest BCUT2D eigenvalue weighted by Crippen LogP contribution is -2.16. The van der Waals surface area contributed by atoms with Crippen LogP contribution in [0.3, 0.4) is 0 Å². The number of terminal acetylenes is 1. The van der Waals surface area contributed by atoms with Crippen LogP contribution in [-0.2, 0) is 6.54 Å². The molecule has 0 bridgehead atoms. The summed E-state index contributed by atoms with van der Waals surface area (Å²) >= 11 is 7.68. The average molecular weight is 341 g/mol. The van der Waals surface area contributed by atoms with Gasteiger partial charge < -0.3 is 4.57 Å². The third kappa shape index (κ3) is 3.07. The van der Waals surface area contributed by atoms with Crippen molar-refractivity contribution in [3.63, 3.8) is 0 Å². The minimum absolute atomic E-state index is 0.290. The smallest absolute Gasteiger partial charge is 0.279 e. The summed E-state index contributed by atoms with van der Waals surface area (Å²) in [7, 11) is 0. The van der Waals surface area contributed by atoms with Gasteiger partial charge in [-0.1, -0.05) is 52.6 Å². The van der Waals surface area contributed by atoms with Crippen LogP contribution in [0.15, 0.2) is 47.5 Å². The van der Waals surface area contributed by atoms with Crippen molar-refractivity contribution in [3.8, 4) is 12.3 Å². The minimum atomic E-state index is -0.290. The second-order valence-corrected chi connectivity index (χ2v) is 6.46. The molecule has 3 nitrogen and oxygen atoms in total. The van der Waals surface area contributed by atoms with Gasteiger partial charge in [0, 0.05) is 5.56 Å². The Morgan fingerprint density at radius 2 is 2.13 bits per heavy atom. The van der Waals surface area contributed by atoms with E-state index in [1.807, 2.05) is 37.3 Å². The number of benzene rings is 2. The first-order valence-electron chi connectivity index (χ1n) is 6.97. The first kappa shape index (κ1) is 15.5. The second kappa shape index (κ2) is 6.41. The fourth-order valence-corrected chi connectivity index (χ4v) is 3.73. The summed E-state index contributed by atoms with van der Waals surface area (Å²) in [6, 6.07) is 13.0. The number of nitrogens with zero attached hydrogens (tertiary/aromatic N) is 2. The molecule has 3 aromatic rings. The van der Waals surface area contributed by atoms with Gasteiger partial charge in [-0.05, 0) is 31.2 Å². The molecule has 1 heterocycles. The molecule has 0 aliphatic rings. The van der Waals surface area contributed by atoms with Crippen molar-refractivity contribution in [2.75, 3.05) is 0 Å². The fourth-order valence-electron chi connectivity index (χ4n) is 2.34. The number of hydrogen-bond donors (Lipinski definition) is 0. The van der Waals surface area contributed by atoms with Crippen LogP contribution in [0, 0.1) is 19.3 Å². The van der Waals surface area contributed by atoms with E-state index in [0.29, 0.717) is 21.9 Å². The molecular weight excluding hydrogens is 328 g/mol. The number of hydrogen-bond acceptors (Lipinski definition) is 2. The normalized spacial score (nSPS) is 11.6. The molecule has 0 radical (unpaired) electrons. The molecule has 1 aromatic heterocycles. The first-order valence-corrected chi connectivity index (χ1v) is 8.16. The molecule has 23 heavy (non-hydrogen) atoms. The Morgan fingerprint density at radius 1 is 1.35 bits per heavy atom. The largest absolute Gasteiger partial charge is 0.303 e. The number of halogens is 1. The summed E-state index contributed by atoms with van der Waals surface area (Å²) in [4.78, 5) is 17.2. The summed E-state index contributed by atoms with van der Waals surface area (Å²) in [6.45, 7) is 2.25. The van der Waals surface area contributed by atoms with E-state index in [1.165, 1.54) is 11.3 Å². The number of para-hydroxylation sites is 1. The minimum Gasteiger partial charge on any atom is -0.303 e. The van der Waals surface area contributed by atoms with Crippen LogP contribution in [0.25, 0.3) is 10.2 Å². The first-order chi connectivity index (χ1) is 11.1. The third-order valence-electron chi connectivity index (χ3n) is 3.36. The number of rotatable bonds is 2. The van der Waals surface area contributed by atoms with Gasteiger partial charge in [-0.15, -0.1) is 6.42 Å². The SMILES string of the molecule is C#CCn1c(=NC(=O)c2cccc(C)c2)sc2cccc(Cl)c21. The molecule has 1 amide bonds. The van der Waals surface area contributed by atoms with Gasteiger partial charge in [-0.25, -0.2) is 0 Å². The van der Waals surface area contributed by atoms with Crippen LogP contribution >= 0.6 is 22.9 Å². The summed E-state index contributed by atoms with van der Waals surface area (Å²) in [5, 5.41) is 0.596. The number of fused-ring (bicyclic) bond motifs is 1. The predicted molar refractivity (Wildman–Crippen MR) is 94.7 cm³/mol. The van der Waals surface area contributed by atoms with Gasteiger partial charge >= 0.3 is 0 Å². The Kier molecular flexibility index (Phi) is 4.33. The van der Waals surface area contributed by atoms with E-state index in [0.717, 1.165) is 15.8 Å². The highest BCUT2D eigenvalue weighted by molar-refractivity contribution is 7.16. The molecule has 0 unspecified atom stereocenters. The Hall–Kier alpha value is -2.35. The predicted octanol–water partition coefficient (Wildman–Crippen LogP) is 4.04. The molecule has 0 fully saturated rings. The third-order valence-corrected chi connectivity index (χ3v) is 4.71. The Bertz CT molecular complexity index is 1010. The number of carbonyl (C=O) groups excluding carboxylic acids is 1. The Labute approximate surface area is 142 Å². The van der Waals surface area contributed by atoms with E-state index >= 15 is 0 Å². The number of aromatic nitrogens is 1. The molecular formula is C18H13ClN2OS. The van der Waals surface area contributed by atoms with E-state index in [4.69, 9.17) is 18.0 Å². The molecule has 114 valence electrons. The highest BCUT2D eigenvalue weighted by Crippen LogP contribution is 2.25. The van der Waals surface area contributed by atoms with Crippen molar-refractivity contribution >= 4 is 39.1 Å². The lowest BCUT2D eigenvalue weighted by atomic mass is 10.1. The quantitative estimate of drug-likeness (QED) is 0.648. The lowest BCUT2D eigenvalue weighted by Gasteiger charge is -2.01. The van der Waals surface area contributed by atoms with Crippen molar-refractivity contribution in [3.05, 3.63) is 63.4 Å². The maximum Gasteiger partial charge on any atom is 0.279 e. The summed E-state index contributed by atoms with van der Waals surface area (Å²) in [5.74, 6) is 2.30. The van der Waals surface area contributed by atoms with Crippen LogP contribution in [0.2, 0.25) is 5.02 Å². The molecule has 0 saturated carbocycles. The van der Waals surface area contributed by atoms with Gasteiger partial charge in [-0.3, -0.25) is 4.79 Å². The maximum atomic E-state index is 12.4. The van der Waals surface area contributed by atoms with Crippen LogP contribution in [-0.4, -0.2) is 10.5 Å². The zero-order valence-corrected chi connectivity index (χ0v) is 14.0. The van der Waals surface area contributed by atoms with Crippen LogP contribution in [0.1, 0.15) is 15.9 Å². The molecule has 0 saturated heterocycles. The number of amides is 1. The van der Waals surface area contributed by atoms with Crippen molar-refractivity contribution in [1.29, 1.82) is 0 Å². The van der Waals surface area contributed by atoms with Crippen LogP contribution in [0.5, 0.6) is 0 Å². The molecule has 0 atom stereocenters. The topological polar surface area (TPSA) is 34.4 Å². The zero-order valence-electron chi connectivity index (χ0n) is 12.4. The van der Waals surface area contributed by atoms with E-state index < -0.39 is 0 Å². The van der Waals surface area contributed by atoms with Gasteiger partial charge in [0.2, 0.25) is 0 Å². The van der Waals surface area contributed by atoms with Crippen molar-refractivity contribution < 1.29 is 4.79 Å². The van der Waals surface area contributed by atoms with Crippen molar-refractivity contribution in [2.45, 2.75) is 13.5 Å². The van der Waals surface area contributed by atoms with E-state index in [1.54, 1.807) is 16.7 Å². The summed E-state index contributed by atoms with van der Waals surface area (Å²) in [5.41, 5.74) is 2.38. The van der Waals surface area contributed by atoms with Gasteiger partial charge in [0.15, 0.2) is 4.80 Å². The molecule has 0 N–H and O–H groups in total. The molecule has 0 aliphatic carbocycles. The van der Waals surface area contributed by atoms with Crippen molar-refractivity contribution in [2.24, 2.45) is 4.99 Å². The standard InChI is InChI=1S/C18H13ClN2OS/c1-3-10-21-16-14(19)8-5-9-15(16)23-18(21)20-17(22)13-7-4-6-12(2)11-13/h1,4-9,11H,10H2,2H3. The number of carbonyl (C=O) groups is 1. The van der Waals surface area contributed by atoms with E-state index in [-0.39, 0.29) is 5.91 Å². The highest BCUT2D eigenvalue weighted by Gasteiger charge is 2.11. The van der Waals surface area contributed by atoms with E-state index in [9.17, 15) is 4.79 Å². The molecule has 0 aliphatic heterocycles. The van der Waals surface area contributed by atoms with Gasteiger partial charge in [0.1, 0.15) is 0 Å². The van der Waals surface area contributed by atoms with Gasteiger partial charge in [0.25, 0.3) is 5.91 Å². The number of aryl methyl sites for hydroxylation is 1. The summed E-state index contributed by atoms with van der Waals surface area (Å²) < 4.78 is 2.75. The maximum absolute atomic E-state index is 12.4. The second-order valence-electron chi connectivity index (χ2n) is 5.05. The number of thiazole rings is 1. The molecule has 0 spiro atoms. The fraction of sp³-hybridized carbons (Fsp3) is 0.111. The average Bonchev–Trinajstić information content (AvgIpc) is 2.86. The Balaban J connectivity index is 2.19. The van der Waals surface area contributed by atoms with Gasteiger partial charge in [-0.2, -0.15) is 4.99 Å². The molecule has 2 aromatic carbocycles. The highest BCUT2D eigenvalue weighted by atomic mass is 35.5. The Morgan fingerprint density at radius 3 is 2.87 bits per heavy atom. The van der Waals surface area contributed by atoms with Crippen molar-refractivity contribution in [1.82, 2.24) is 4.57 Å². The van der Waals surface area contributed by atoms with Crippen LogP contribution < -0.4 is 4.80 Å². The van der Waals surface area contributed by atoms with E-state index in [2.05, 4.69) is 10.9 Å². The monoisotopic (exact) mass is 340 g/mol. The molecule has 5 heteroatoms. The summed E-state index contributed by atoms with van der Waals surface area (Å²) in [6.07, 6.45) is 5.46. The van der Waals surface area contributed by atoms with Crippen LogP contribution in [0.4, 0.5) is 0 Å². The lowest BCUT2D eigenvalue weighted by molar-refractivity contribution is 0.0998.